The second kappa shape index (κ2) is 8.16. The van der Waals surface area contributed by atoms with Gasteiger partial charge < -0.3 is 9.84 Å². The predicted octanol–water partition coefficient (Wildman–Crippen LogP) is 3.64. The number of nitrogens with zero attached hydrogens (tertiary/aromatic N) is 1. The maximum Gasteiger partial charge on any atom is 0.244 e. The molecule has 5 heteroatoms. The Morgan fingerprint density at radius 2 is 1.96 bits per heavy atom. The quantitative estimate of drug-likeness (QED) is 0.528. The molecule has 0 heterocycles. The molecule has 0 unspecified atom stereocenters. The third kappa shape index (κ3) is 4.19. The summed E-state index contributed by atoms with van der Waals surface area (Å²) in [7, 11) is 0. The molecule has 3 aromatic carbocycles. The van der Waals surface area contributed by atoms with Crippen LogP contribution in [-0.2, 0) is 11.2 Å². The molecule has 2 N–H and O–H groups in total. The van der Waals surface area contributed by atoms with Gasteiger partial charge in [-0.25, -0.2) is 5.43 Å². The number of hydrogen-bond donors (Lipinski definition) is 2. The van der Waals surface area contributed by atoms with Gasteiger partial charge in [0.1, 0.15) is 11.5 Å². The van der Waals surface area contributed by atoms with Crippen molar-refractivity contribution >= 4 is 22.9 Å². The summed E-state index contributed by atoms with van der Waals surface area (Å²) in [4.78, 5) is 12.2. The van der Waals surface area contributed by atoms with Crippen LogP contribution in [0.5, 0.6) is 11.5 Å². The molecule has 5 nitrogen and oxygen atoms in total. The fourth-order valence-electron chi connectivity index (χ4n) is 2.73. The van der Waals surface area contributed by atoms with E-state index in [1.807, 2.05) is 49.4 Å². The molecule has 0 aromatic heterocycles. The van der Waals surface area contributed by atoms with Crippen molar-refractivity contribution in [3.8, 4) is 11.5 Å². The number of amides is 1. The van der Waals surface area contributed by atoms with Crippen molar-refractivity contribution in [1.29, 1.82) is 0 Å². The van der Waals surface area contributed by atoms with E-state index in [0.29, 0.717) is 17.9 Å². The first-order chi connectivity index (χ1) is 12.7. The minimum atomic E-state index is -0.224. The Bertz CT molecular complexity index is 946. The average molecular weight is 348 g/mol. The van der Waals surface area contributed by atoms with Gasteiger partial charge >= 0.3 is 0 Å². The Labute approximate surface area is 151 Å². The molecule has 0 aliphatic carbocycles. The fourth-order valence-corrected chi connectivity index (χ4v) is 2.73. The van der Waals surface area contributed by atoms with Crippen LogP contribution in [0.25, 0.3) is 10.8 Å². The molecule has 1 amide bonds. The Balaban J connectivity index is 1.67. The van der Waals surface area contributed by atoms with E-state index in [-0.39, 0.29) is 18.1 Å². The van der Waals surface area contributed by atoms with E-state index in [1.165, 1.54) is 12.3 Å². The number of carbonyl (C=O) groups is 1. The van der Waals surface area contributed by atoms with Crippen molar-refractivity contribution in [2.45, 2.75) is 13.3 Å². The molecule has 0 spiro atoms. The molecule has 3 rings (SSSR count). The summed E-state index contributed by atoms with van der Waals surface area (Å²) in [5.74, 6) is 0.479. The van der Waals surface area contributed by atoms with Crippen molar-refractivity contribution in [3.63, 3.8) is 0 Å². The van der Waals surface area contributed by atoms with Crippen molar-refractivity contribution in [2.24, 2.45) is 5.10 Å². The first-order valence-electron chi connectivity index (χ1n) is 8.41. The molecule has 0 radical (unpaired) electrons. The number of phenols is 1. The molecule has 26 heavy (non-hydrogen) atoms. The standard InChI is InChI=1S/C21H20N2O3/c1-2-26-18-10-11-20(24)17(12-18)14-22-23-21(25)13-16-8-5-7-15-6-3-4-9-19(15)16/h3-12,14,24H,2,13H2,1H3,(H,23,25)/b22-14-. The number of rotatable bonds is 6. The zero-order chi connectivity index (χ0) is 18.4. The van der Waals surface area contributed by atoms with Gasteiger partial charge in [0.15, 0.2) is 0 Å². The summed E-state index contributed by atoms with van der Waals surface area (Å²) in [6, 6.07) is 18.7. The van der Waals surface area contributed by atoms with Crippen LogP contribution in [0.4, 0.5) is 0 Å². The van der Waals surface area contributed by atoms with Crippen LogP contribution >= 0.6 is 0 Å². The number of carbonyl (C=O) groups excluding carboxylic acids is 1. The van der Waals surface area contributed by atoms with Gasteiger partial charge in [0, 0.05) is 5.56 Å². The van der Waals surface area contributed by atoms with Gasteiger partial charge in [-0.3, -0.25) is 4.79 Å². The Morgan fingerprint density at radius 3 is 2.81 bits per heavy atom. The number of hydrogen-bond acceptors (Lipinski definition) is 4. The van der Waals surface area contributed by atoms with Crippen LogP contribution < -0.4 is 10.2 Å². The number of fused-ring (bicyclic) bond motifs is 1. The molecule has 0 atom stereocenters. The molecule has 0 aliphatic heterocycles. The summed E-state index contributed by atoms with van der Waals surface area (Å²) < 4.78 is 5.39. The fraction of sp³-hybridized carbons (Fsp3) is 0.143. The van der Waals surface area contributed by atoms with Gasteiger partial charge in [0.05, 0.1) is 19.2 Å². The van der Waals surface area contributed by atoms with Gasteiger partial charge in [0.25, 0.3) is 0 Å². The number of aromatic hydroxyl groups is 1. The third-order valence-electron chi connectivity index (χ3n) is 3.93. The van der Waals surface area contributed by atoms with Crippen LogP contribution in [0.1, 0.15) is 18.1 Å². The highest BCUT2D eigenvalue weighted by Gasteiger charge is 2.06. The van der Waals surface area contributed by atoms with Crippen molar-refractivity contribution in [3.05, 3.63) is 71.8 Å². The summed E-state index contributed by atoms with van der Waals surface area (Å²) in [5.41, 5.74) is 3.92. The Hall–Kier alpha value is -3.34. The lowest BCUT2D eigenvalue weighted by Gasteiger charge is -2.06. The first-order valence-corrected chi connectivity index (χ1v) is 8.41. The number of benzene rings is 3. The second-order valence-corrected chi connectivity index (χ2v) is 5.76. The summed E-state index contributed by atoms with van der Waals surface area (Å²) in [6.07, 6.45) is 1.63. The van der Waals surface area contributed by atoms with E-state index < -0.39 is 0 Å². The maximum absolute atomic E-state index is 12.2. The lowest BCUT2D eigenvalue weighted by Crippen LogP contribution is -2.19. The monoisotopic (exact) mass is 348 g/mol. The summed E-state index contributed by atoms with van der Waals surface area (Å²) >= 11 is 0. The summed E-state index contributed by atoms with van der Waals surface area (Å²) in [6.45, 7) is 2.41. The first kappa shape index (κ1) is 17.5. The molecule has 0 bridgehead atoms. The highest BCUT2D eigenvalue weighted by atomic mass is 16.5. The van der Waals surface area contributed by atoms with E-state index >= 15 is 0 Å². The van der Waals surface area contributed by atoms with E-state index in [4.69, 9.17) is 4.74 Å². The SMILES string of the molecule is CCOc1ccc(O)c(/C=N\NC(=O)Cc2cccc3ccccc23)c1. The van der Waals surface area contributed by atoms with E-state index in [2.05, 4.69) is 10.5 Å². The Morgan fingerprint density at radius 1 is 1.15 bits per heavy atom. The molecule has 3 aromatic rings. The van der Waals surface area contributed by atoms with Gasteiger partial charge in [-0.15, -0.1) is 0 Å². The normalized spacial score (nSPS) is 11.0. The molecular weight excluding hydrogens is 328 g/mol. The smallest absolute Gasteiger partial charge is 0.244 e. The molecule has 0 fully saturated rings. The third-order valence-corrected chi connectivity index (χ3v) is 3.93. The van der Waals surface area contributed by atoms with Gasteiger partial charge in [-0.2, -0.15) is 5.10 Å². The molecule has 132 valence electrons. The highest BCUT2D eigenvalue weighted by Crippen LogP contribution is 2.21. The number of hydrazone groups is 1. The van der Waals surface area contributed by atoms with E-state index in [0.717, 1.165) is 16.3 Å². The van der Waals surface area contributed by atoms with Crippen molar-refractivity contribution in [1.82, 2.24) is 5.43 Å². The minimum Gasteiger partial charge on any atom is -0.507 e. The average Bonchev–Trinajstić information content (AvgIpc) is 2.65. The maximum atomic E-state index is 12.2. The number of nitrogens with one attached hydrogen (secondary N) is 1. The van der Waals surface area contributed by atoms with Crippen LogP contribution in [0.3, 0.4) is 0 Å². The van der Waals surface area contributed by atoms with Crippen LogP contribution in [0, 0.1) is 0 Å². The largest absolute Gasteiger partial charge is 0.507 e. The van der Waals surface area contributed by atoms with Crippen LogP contribution in [-0.4, -0.2) is 23.8 Å². The number of ether oxygens (including phenoxy) is 1. The highest BCUT2D eigenvalue weighted by molar-refractivity contribution is 5.91. The zero-order valence-electron chi connectivity index (χ0n) is 14.5. The second-order valence-electron chi connectivity index (χ2n) is 5.76. The topological polar surface area (TPSA) is 70.9 Å². The minimum absolute atomic E-state index is 0.0699. The van der Waals surface area contributed by atoms with E-state index in [1.54, 1.807) is 12.1 Å². The van der Waals surface area contributed by atoms with Crippen LogP contribution in [0.2, 0.25) is 0 Å². The molecular formula is C21H20N2O3. The van der Waals surface area contributed by atoms with Crippen molar-refractivity contribution in [2.75, 3.05) is 6.61 Å². The molecule has 0 saturated carbocycles. The van der Waals surface area contributed by atoms with Gasteiger partial charge in [-0.1, -0.05) is 42.5 Å². The predicted molar refractivity (Wildman–Crippen MR) is 103 cm³/mol. The van der Waals surface area contributed by atoms with E-state index in [9.17, 15) is 9.90 Å². The number of phenolic OH excluding ortho intramolecular Hbond substituents is 1. The van der Waals surface area contributed by atoms with Crippen molar-refractivity contribution < 1.29 is 14.6 Å². The van der Waals surface area contributed by atoms with Crippen LogP contribution in [0.15, 0.2) is 65.8 Å². The zero-order valence-corrected chi connectivity index (χ0v) is 14.5. The Kier molecular flexibility index (Phi) is 5.49. The lowest BCUT2D eigenvalue weighted by molar-refractivity contribution is -0.120. The van der Waals surface area contributed by atoms with Gasteiger partial charge in [-0.05, 0) is 41.5 Å². The van der Waals surface area contributed by atoms with Gasteiger partial charge in [0.2, 0.25) is 5.91 Å². The summed E-state index contributed by atoms with van der Waals surface area (Å²) in [5, 5.41) is 16.0. The molecule has 0 aliphatic rings. The molecule has 0 saturated heterocycles. The lowest BCUT2D eigenvalue weighted by atomic mass is 10.0.